The van der Waals surface area contributed by atoms with Gasteiger partial charge in [0, 0.05) is 5.57 Å². The average molecular weight is 227 g/mol. The number of ketones is 1. The van der Waals surface area contributed by atoms with Crippen LogP contribution in [0.3, 0.4) is 0 Å². The first-order valence-corrected chi connectivity index (χ1v) is 5.35. The van der Waals surface area contributed by atoms with Crippen LogP contribution in [0.1, 0.15) is 13.8 Å². The first-order chi connectivity index (χ1) is 8.09. The number of benzene rings is 1. The van der Waals surface area contributed by atoms with Crippen LogP contribution in [0.2, 0.25) is 0 Å². The minimum absolute atomic E-state index is 0.0931. The van der Waals surface area contributed by atoms with E-state index in [1.54, 1.807) is 26.0 Å². The zero-order valence-corrected chi connectivity index (χ0v) is 9.78. The van der Waals surface area contributed by atoms with Crippen LogP contribution < -0.4 is 4.74 Å². The smallest absolute Gasteiger partial charge is 0.185 e. The van der Waals surface area contributed by atoms with Crippen molar-refractivity contribution in [2.75, 3.05) is 0 Å². The predicted octanol–water partition coefficient (Wildman–Crippen LogP) is 2.89. The number of nitrogens with one attached hydrogen (secondary N) is 1. The molecule has 1 aliphatic rings. The molecule has 0 spiro atoms. The number of hydrogen-bond donors (Lipinski definition) is 1. The Morgan fingerprint density at radius 2 is 1.76 bits per heavy atom. The van der Waals surface area contributed by atoms with Gasteiger partial charge in [0.1, 0.15) is 11.5 Å². The molecule has 0 unspecified atom stereocenters. The fourth-order valence-corrected chi connectivity index (χ4v) is 1.59. The molecule has 0 heterocycles. The Morgan fingerprint density at radius 1 is 1.12 bits per heavy atom. The molecule has 0 amide bonds. The zero-order chi connectivity index (χ0) is 12.4. The molecule has 0 fully saturated rings. The van der Waals surface area contributed by atoms with Gasteiger partial charge in [0.05, 0.1) is 0 Å². The minimum atomic E-state index is -0.0931. The van der Waals surface area contributed by atoms with Gasteiger partial charge in [-0.3, -0.25) is 10.2 Å². The van der Waals surface area contributed by atoms with Gasteiger partial charge in [-0.05, 0) is 37.6 Å². The van der Waals surface area contributed by atoms with E-state index in [9.17, 15) is 4.79 Å². The third-order valence-corrected chi connectivity index (χ3v) is 2.64. The summed E-state index contributed by atoms with van der Waals surface area (Å²) >= 11 is 0. The highest BCUT2D eigenvalue weighted by Crippen LogP contribution is 2.22. The van der Waals surface area contributed by atoms with Gasteiger partial charge in [0.25, 0.3) is 0 Å². The van der Waals surface area contributed by atoms with Crippen LogP contribution in [0.15, 0.2) is 53.3 Å². The molecule has 86 valence electrons. The molecule has 0 aliphatic heterocycles. The van der Waals surface area contributed by atoms with Gasteiger partial charge < -0.3 is 4.74 Å². The van der Waals surface area contributed by atoms with Crippen LogP contribution >= 0.6 is 0 Å². The highest BCUT2D eigenvalue weighted by Gasteiger charge is 2.22. The fourth-order valence-electron chi connectivity index (χ4n) is 1.59. The fraction of sp³-hybridized carbons (Fsp3) is 0.143. The predicted molar refractivity (Wildman–Crippen MR) is 66.3 cm³/mol. The van der Waals surface area contributed by atoms with Gasteiger partial charge in [-0.15, -0.1) is 0 Å². The molecule has 3 heteroatoms. The normalized spacial score (nSPS) is 16.0. The van der Waals surface area contributed by atoms with E-state index < -0.39 is 0 Å². The molecular formula is C14H13NO2. The van der Waals surface area contributed by atoms with Crippen LogP contribution in [0.25, 0.3) is 0 Å². The Bertz CT molecular complexity index is 539. The number of ether oxygens (including phenoxy) is 1. The van der Waals surface area contributed by atoms with E-state index in [2.05, 4.69) is 0 Å². The van der Waals surface area contributed by atoms with Crippen LogP contribution in [-0.4, -0.2) is 11.5 Å². The lowest BCUT2D eigenvalue weighted by molar-refractivity contribution is -0.111. The number of para-hydroxylation sites is 1. The highest BCUT2D eigenvalue weighted by atomic mass is 16.5. The molecular weight excluding hydrogens is 214 g/mol. The van der Waals surface area contributed by atoms with E-state index >= 15 is 0 Å². The first kappa shape index (κ1) is 11.3. The highest BCUT2D eigenvalue weighted by molar-refractivity contribution is 6.22. The second kappa shape index (κ2) is 4.37. The molecule has 0 radical (unpaired) electrons. The summed E-state index contributed by atoms with van der Waals surface area (Å²) in [7, 11) is 0. The van der Waals surface area contributed by atoms with E-state index in [4.69, 9.17) is 10.1 Å². The van der Waals surface area contributed by atoms with E-state index in [0.29, 0.717) is 22.7 Å². The summed E-state index contributed by atoms with van der Waals surface area (Å²) in [6, 6.07) is 9.18. The van der Waals surface area contributed by atoms with Crippen molar-refractivity contribution in [3.05, 3.63) is 53.3 Å². The van der Waals surface area contributed by atoms with E-state index in [1.807, 2.05) is 18.2 Å². The number of allylic oxidation sites excluding steroid dienone is 3. The minimum Gasteiger partial charge on any atom is -0.455 e. The van der Waals surface area contributed by atoms with Gasteiger partial charge >= 0.3 is 0 Å². The third kappa shape index (κ3) is 2.18. The summed E-state index contributed by atoms with van der Waals surface area (Å²) in [6.07, 6.45) is 1.47. The third-order valence-electron chi connectivity index (χ3n) is 2.64. The maximum Gasteiger partial charge on any atom is 0.185 e. The maximum absolute atomic E-state index is 11.6. The Hall–Kier alpha value is -2.16. The number of carbonyl (C=O) groups excluding carboxylic acids is 1. The summed E-state index contributed by atoms with van der Waals surface area (Å²) in [5.41, 5.74) is 1.38. The van der Waals surface area contributed by atoms with Gasteiger partial charge in [-0.25, -0.2) is 0 Å². The SMILES string of the molecule is CC1=CC(=O)C(C)=C(Oc2ccccc2)C1=N. The topological polar surface area (TPSA) is 50.2 Å². The molecule has 1 aromatic rings. The van der Waals surface area contributed by atoms with Crippen molar-refractivity contribution < 1.29 is 9.53 Å². The van der Waals surface area contributed by atoms with Crippen molar-refractivity contribution in [3.8, 4) is 5.75 Å². The van der Waals surface area contributed by atoms with Gasteiger partial charge in [0.2, 0.25) is 0 Å². The molecule has 0 saturated heterocycles. The van der Waals surface area contributed by atoms with Crippen molar-refractivity contribution in [3.63, 3.8) is 0 Å². The zero-order valence-electron chi connectivity index (χ0n) is 9.78. The Morgan fingerprint density at radius 3 is 2.41 bits per heavy atom. The molecule has 0 atom stereocenters. The molecule has 0 aromatic heterocycles. The van der Waals surface area contributed by atoms with Crippen molar-refractivity contribution in [2.24, 2.45) is 0 Å². The van der Waals surface area contributed by atoms with Gasteiger partial charge in [-0.1, -0.05) is 18.2 Å². The monoisotopic (exact) mass is 227 g/mol. The lowest BCUT2D eigenvalue weighted by atomic mass is 9.96. The van der Waals surface area contributed by atoms with Crippen LogP contribution in [-0.2, 0) is 4.79 Å². The van der Waals surface area contributed by atoms with E-state index in [-0.39, 0.29) is 11.5 Å². The van der Waals surface area contributed by atoms with Crippen molar-refractivity contribution in [1.29, 1.82) is 5.41 Å². The molecule has 3 nitrogen and oxygen atoms in total. The van der Waals surface area contributed by atoms with E-state index in [0.717, 1.165) is 0 Å². The first-order valence-electron chi connectivity index (χ1n) is 5.35. The van der Waals surface area contributed by atoms with Gasteiger partial charge in [-0.2, -0.15) is 0 Å². The summed E-state index contributed by atoms with van der Waals surface area (Å²) < 4.78 is 5.61. The Balaban J connectivity index is 2.35. The molecule has 17 heavy (non-hydrogen) atoms. The number of carbonyl (C=O) groups is 1. The van der Waals surface area contributed by atoms with Crippen LogP contribution in [0.5, 0.6) is 5.75 Å². The molecule has 0 saturated carbocycles. The Labute approximate surface area is 99.9 Å². The van der Waals surface area contributed by atoms with Crippen LogP contribution in [0, 0.1) is 5.41 Å². The molecule has 1 N–H and O–H groups in total. The second-order valence-corrected chi connectivity index (χ2v) is 3.94. The molecule has 1 aromatic carbocycles. The molecule has 0 bridgehead atoms. The van der Waals surface area contributed by atoms with Crippen molar-refractivity contribution >= 4 is 11.5 Å². The summed E-state index contributed by atoms with van der Waals surface area (Å²) in [5.74, 6) is 0.889. The van der Waals surface area contributed by atoms with E-state index in [1.165, 1.54) is 6.08 Å². The summed E-state index contributed by atoms with van der Waals surface area (Å²) in [5, 5.41) is 7.92. The lowest BCUT2D eigenvalue weighted by Gasteiger charge is -2.17. The van der Waals surface area contributed by atoms with Crippen LogP contribution in [0.4, 0.5) is 0 Å². The maximum atomic E-state index is 11.6. The second-order valence-electron chi connectivity index (χ2n) is 3.94. The number of hydrogen-bond acceptors (Lipinski definition) is 3. The lowest BCUT2D eigenvalue weighted by Crippen LogP contribution is -2.20. The quantitative estimate of drug-likeness (QED) is 0.790. The standard InChI is InChI=1S/C14H13NO2/c1-9-8-12(16)10(2)14(13(9)15)17-11-6-4-3-5-7-11/h3-8,15H,1-2H3. The number of rotatable bonds is 2. The average Bonchev–Trinajstić information content (AvgIpc) is 2.33. The molecule has 1 aliphatic carbocycles. The van der Waals surface area contributed by atoms with Crippen molar-refractivity contribution in [2.45, 2.75) is 13.8 Å². The largest absolute Gasteiger partial charge is 0.455 e. The Kier molecular flexibility index (Phi) is 2.91. The summed E-state index contributed by atoms with van der Waals surface area (Å²) in [4.78, 5) is 11.6. The van der Waals surface area contributed by atoms with Crippen molar-refractivity contribution in [1.82, 2.24) is 0 Å². The molecule has 2 rings (SSSR count). The van der Waals surface area contributed by atoms with Gasteiger partial charge in [0.15, 0.2) is 11.5 Å². The summed E-state index contributed by atoms with van der Waals surface area (Å²) in [6.45, 7) is 3.42.